The summed E-state index contributed by atoms with van der Waals surface area (Å²) in [5, 5.41) is 5.49. The largest absolute Gasteiger partial charge is 0.466 e. The van der Waals surface area contributed by atoms with Crippen LogP contribution < -0.4 is 5.01 Å². The number of nitrogens with zero attached hydrogens (tertiary/aromatic N) is 2. The highest BCUT2D eigenvalue weighted by atomic mass is 35.5. The molecule has 0 radical (unpaired) electrons. The van der Waals surface area contributed by atoms with Gasteiger partial charge in [0.05, 0.1) is 34.5 Å². The maximum atomic E-state index is 16.5. The third kappa shape index (κ3) is 3.54. The molecule has 0 spiro atoms. The van der Waals surface area contributed by atoms with Crippen molar-refractivity contribution in [1.29, 1.82) is 0 Å². The molecule has 1 aliphatic rings. The molecule has 0 aromatic heterocycles. The van der Waals surface area contributed by atoms with Crippen LogP contribution >= 0.6 is 23.2 Å². The number of rotatable bonds is 5. The van der Waals surface area contributed by atoms with E-state index in [4.69, 9.17) is 27.9 Å². The number of alkyl halides is 1. The molecule has 3 rings (SSSR count). The van der Waals surface area contributed by atoms with Gasteiger partial charge in [-0.3, -0.25) is 4.79 Å². The summed E-state index contributed by atoms with van der Waals surface area (Å²) in [4.78, 5) is 25.4. The molecule has 2 atom stereocenters. The minimum atomic E-state index is -2.67. The van der Waals surface area contributed by atoms with E-state index >= 15 is 4.39 Å². The molecule has 1 heterocycles. The van der Waals surface area contributed by atoms with Gasteiger partial charge in [0.15, 0.2) is 0 Å². The monoisotopic (exact) mass is 434 g/mol. The van der Waals surface area contributed by atoms with Gasteiger partial charge < -0.3 is 4.74 Å². The van der Waals surface area contributed by atoms with Crippen molar-refractivity contribution in [2.75, 3.05) is 12.1 Å². The molecule has 0 saturated carbocycles. The second-order valence-electron chi connectivity index (χ2n) is 6.47. The van der Waals surface area contributed by atoms with Crippen LogP contribution in [0.1, 0.15) is 18.4 Å². The van der Waals surface area contributed by atoms with Gasteiger partial charge in [0, 0.05) is 5.57 Å². The lowest BCUT2D eigenvalue weighted by molar-refractivity contribution is -0.137. The molecule has 1 aliphatic heterocycles. The van der Waals surface area contributed by atoms with Gasteiger partial charge in [-0.25, -0.2) is 9.18 Å². The van der Waals surface area contributed by atoms with Gasteiger partial charge in [-0.15, -0.1) is 0 Å². The number of carbonyl (C=O) groups excluding carboxylic acids is 2. The molecule has 0 aliphatic carbocycles. The van der Waals surface area contributed by atoms with E-state index in [0.717, 1.165) is 12.1 Å². The van der Waals surface area contributed by atoms with Gasteiger partial charge in [0.25, 0.3) is 5.91 Å². The number of amides is 1. The molecule has 1 amide bonds. The van der Waals surface area contributed by atoms with Gasteiger partial charge in [-0.2, -0.15) is 10.1 Å². The van der Waals surface area contributed by atoms with Gasteiger partial charge in [0.1, 0.15) is 0 Å². The third-order valence-corrected chi connectivity index (χ3v) is 5.49. The highest BCUT2D eigenvalue weighted by Gasteiger charge is 2.58. The number of hydrogen-bond acceptors (Lipinski definition) is 4. The van der Waals surface area contributed by atoms with Crippen molar-refractivity contribution < 1.29 is 18.7 Å². The Balaban J connectivity index is 2.15. The van der Waals surface area contributed by atoms with E-state index in [0.29, 0.717) is 5.69 Å². The Hall–Kier alpha value is -2.70. The molecular weight excluding hydrogens is 418 g/mol. The average molecular weight is 435 g/mol. The van der Waals surface area contributed by atoms with Crippen LogP contribution in [0.5, 0.6) is 0 Å². The molecule has 0 saturated heterocycles. The number of para-hydroxylation sites is 1. The zero-order valence-corrected chi connectivity index (χ0v) is 17.2. The summed E-state index contributed by atoms with van der Waals surface area (Å²) in [6, 6.07) is 12.8. The van der Waals surface area contributed by atoms with Crippen LogP contribution in [0.3, 0.4) is 0 Å². The Bertz CT molecular complexity index is 1030. The van der Waals surface area contributed by atoms with E-state index in [-0.39, 0.29) is 26.9 Å². The molecule has 0 fully saturated rings. The number of esters is 1. The Morgan fingerprint density at radius 2 is 1.86 bits per heavy atom. The van der Waals surface area contributed by atoms with Gasteiger partial charge in [-0.1, -0.05) is 54.0 Å². The topological polar surface area (TPSA) is 59.0 Å². The summed E-state index contributed by atoms with van der Waals surface area (Å²) in [6.45, 7) is 5.08. The second kappa shape index (κ2) is 7.97. The van der Waals surface area contributed by atoms with E-state index < -0.39 is 23.5 Å². The van der Waals surface area contributed by atoms with Crippen LogP contribution in [0.25, 0.3) is 0 Å². The predicted molar refractivity (Wildman–Crippen MR) is 111 cm³/mol. The van der Waals surface area contributed by atoms with E-state index in [9.17, 15) is 9.59 Å². The summed E-state index contributed by atoms with van der Waals surface area (Å²) in [6.07, 6.45) is 0. The predicted octanol–water partition coefficient (Wildman–Crippen LogP) is 4.94. The second-order valence-corrected chi connectivity index (χ2v) is 7.29. The van der Waals surface area contributed by atoms with Gasteiger partial charge in [0.2, 0.25) is 5.67 Å². The number of halogens is 3. The Labute approximate surface area is 177 Å². The van der Waals surface area contributed by atoms with Gasteiger partial charge >= 0.3 is 5.97 Å². The molecule has 2 unspecified atom stereocenters. The van der Waals surface area contributed by atoms with Crippen LogP contribution in [-0.4, -0.2) is 30.4 Å². The zero-order chi connectivity index (χ0) is 21.3. The van der Waals surface area contributed by atoms with E-state index in [1.54, 1.807) is 30.3 Å². The van der Waals surface area contributed by atoms with Crippen LogP contribution in [0, 0.1) is 0 Å². The normalized spacial score (nSPS) is 19.7. The van der Waals surface area contributed by atoms with Crippen LogP contribution in [0.2, 0.25) is 10.0 Å². The van der Waals surface area contributed by atoms with Crippen molar-refractivity contribution in [2.45, 2.75) is 18.5 Å². The maximum Gasteiger partial charge on any atom is 0.333 e. The molecule has 2 aromatic rings. The third-order valence-electron chi connectivity index (χ3n) is 4.75. The fraction of sp³-hybridized carbons (Fsp3) is 0.190. The van der Waals surface area contributed by atoms with E-state index in [1.165, 1.54) is 25.1 Å². The first-order valence-corrected chi connectivity index (χ1v) is 9.33. The lowest BCUT2D eigenvalue weighted by Gasteiger charge is -2.30. The Morgan fingerprint density at radius 3 is 2.45 bits per heavy atom. The number of carbonyl (C=O) groups is 2. The Morgan fingerprint density at radius 1 is 1.21 bits per heavy atom. The first-order valence-electron chi connectivity index (χ1n) is 8.58. The minimum absolute atomic E-state index is 0.118. The van der Waals surface area contributed by atoms with Crippen molar-refractivity contribution in [1.82, 2.24) is 0 Å². The quantitative estimate of drug-likeness (QED) is 0.494. The molecule has 5 nitrogen and oxygen atoms in total. The number of hydrazone groups is 1. The van der Waals surface area contributed by atoms with Crippen molar-refractivity contribution in [3.05, 3.63) is 76.3 Å². The lowest BCUT2D eigenvalue weighted by Crippen LogP contribution is -2.48. The summed E-state index contributed by atoms with van der Waals surface area (Å²) in [5.74, 6) is -3.20. The van der Waals surface area contributed by atoms with Crippen LogP contribution in [0.4, 0.5) is 10.1 Å². The fourth-order valence-electron chi connectivity index (χ4n) is 3.27. The highest BCUT2D eigenvalue weighted by molar-refractivity contribution is 6.42. The molecule has 0 N–H and O–H groups in total. The molecule has 150 valence electrons. The SMILES string of the molecule is C=C(C(=O)OC)C(c1ccc(Cl)c(Cl)c1)C1(F)C(=O)N(c2ccccc2)N=C1C. The number of ether oxygens (including phenoxy) is 1. The molecule has 0 bridgehead atoms. The maximum absolute atomic E-state index is 16.5. The molecular formula is C21H17Cl2FN2O3. The number of hydrogen-bond donors (Lipinski definition) is 0. The Kier molecular flexibility index (Phi) is 5.78. The fourth-order valence-corrected chi connectivity index (χ4v) is 3.57. The number of anilines is 1. The highest BCUT2D eigenvalue weighted by Crippen LogP contribution is 2.45. The van der Waals surface area contributed by atoms with Gasteiger partial charge in [-0.05, 0) is 36.8 Å². The molecule has 8 heteroatoms. The number of methoxy groups -OCH3 is 1. The standard InChI is InChI=1S/C21H17Cl2FN2O3/c1-12(19(27)29-3)18(14-9-10-16(22)17(23)11-14)21(24)13(2)25-26(20(21)28)15-7-5-4-6-8-15/h4-11,18H,1H2,2-3H3. The summed E-state index contributed by atoms with van der Waals surface area (Å²) >= 11 is 12.1. The van der Waals surface area contributed by atoms with Crippen molar-refractivity contribution in [2.24, 2.45) is 5.10 Å². The summed E-state index contributed by atoms with van der Waals surface area (Å²) in [7, 11) is 1.15. The summed E-state index contributed by atoms with van der Waals surface area (Å²) in [5.41, 5.74) is -2.39. The molecule has 2 aromatic carbocycles. The lowest BCUT2D eigenvalue weighted by atomic mass is 9.76. The van der Waals surface area contributed by atoms with Crippen LogP contribution in [-0.2, 0) is 14.3 Å². The average Bonchev–Trinajstić information content (AvgIpc) is 2.95. The summed E-state index contributed by atoms with van der Waals surface area (Å²) < 4.78 is 21.2. The minimum Gasteiger partial charge on any atom is -0.466 e. The first kappa shape index (κ1) is 21.0. The smallest absolute Gasteiger partial charge is 0.333 e. The van der Waals surface area contributed by atoms with Crippen molar-refractivity contribution in [3.63, 3.8) is 0 Å². The van der Waals surface area contributed by atoms with E-state index in [1.807, 2.05) is 0 Å². The van der Waals surface area contributed by atoms with E-state index in [2.05, 4.69) is 11.7 Å². The zero-order valence-electron chi connectivity index (χ0n) is 15.7. The molecule has 29 heavy (non-hydrogen) atoms. The van der Waals surface area contributed by atoms with Crippen LogP contribution in [0.15, 0.2) is 65.8 Å². The van der Waals surface area contributed by atoms with Crippen molar-refractivity contribution in [3.8, 4) is 0 Å². The van der Waals surface area contributed by atoms with Crippen molar-refractivity contribution >= 4 is 46.5 Å². The number of benzene rings is 2. The first-order chi connectivity index (χ1) is 13.7.